The summed E-state index contributed by atoms with van der Waals surface area (Å²) in [6, 6.07) is 0. The Morgan fingerprint density at radius 2 is 2.29 bits per heavy atom. The molecule has 0 saturated carbocycles. The van der Waals surface area contributed by atoms with Crippen molar-refractivity contribution in [1.29, 1.82) is 0 Å². The fourth-order valence-electron chi connectivity index (χ4n) is 2.61. The highest BCUT2D eigenvalue weighted by atomic mass is 79.9. The summed E-state index contributed by atoms with van der Waals surface area (Å²) in [5.74, 6) is 0.502. The standard InChI is InChI=1S/C14H24BrN5O/c1-18(2)6-7-20-14(21)13(15)12(9-17-20)19-5-3-4-11(8-16)10-19/h9,11H,3-8,10,16H2,1-2H3. The van der Waals surface area contributed by atoms with Crippen LogP contribution in [-0.2, 0) is 6.54 Å². The maximum absolute atomic E-state index is 12.4. The van der Waals surface area contributed by atoms with E-state index < -0.39 is 0 Å². The molecule has 1 unspecified atom stereocenters. The fourth-order valence-corrected chi connectivity index (χ4v) is 3.16. The summed E-state index contributed by atoms with van der Waals surface area (Å²) >= 11 is 3.46. The number of nitrogens with zero attached hydrogens (tertiary/aromatic N) is 4. The second-order valence-corrected chi connectivity index (χ2v) is 6.66. The third-order valence-electron chi connectivity index (χ3n) is 3.92. The molecule has 0 bridgehead atoms. The number of piperidine rings is 1. The Bertz CT molecular complexity index is 531. The van der Waals surface area contributed by atoms with E-state index in [0.29, 0.717) is 23.5 Å². The molecule has 7 heteroatoms. The lowest BCUT2D eigenvalue weighted by atomic mass is 9.98. The molecular formula is C14H24BrN5O. The molecule has 1 aliphatic rings. The normalized spacial score (nSPS) is 19.3. The number of likely N-dealkylation sites (N-methyl/N-ethyl adjacent to an activating group) is 1. The molecule has 0 aromatic carbocycles. The van der Waals surface area contributed by atoms with Crippen molar-refractivity contribution in [3.05, 3.63) is 21.0 Å². The maximum Gasteiger partial charge on any atom is 0.283 e. The zero-order valence-electron chi connectivity index (χ0n) is 12.8. The molecule has 0 radical (unpaired) electrons. The number of hydrogen-bond acceptors (Lipinski definition) is 5. The van der Waals surface area contributed by atoms with Gasteiger partial charge in [-0.3, -0.25) is 4.79 Å². The Kier molecular flexibility index (Phi) is 5.78. The predicted octanol–water partition coefficient (Wildman–Crippen LogP) is 0.743. The molecule has 1 saturated heterocycles. The first-order chi connectivity index (χ1) is 10.0. The number of nitrogens with two attached hydrogens (primary N) is 1. The smallest absolute Gasteiger partial charge is 0.283 e. The monoisotopic (exact) mass is 357 g/mol. The van der Waals surface area contributed by atoms with Crippen LogP contribution >= 0.6 is 15.9 Å². The van der Waals surface area contributed by atoms with Gasteiger partial charge in [-0.05, 0) is 55.3 Å². The third-order valence-corrected chi connectivity index (χ3v) is 4.66. The number of hydrogen-bond donors (Lipinski definition) is 1. The summed E-state index contributed by atoms with van der Waals surface area (Å²) in [6.07, 6.45) is 4.07. The average molecular weight is 358 g/mol. The maximum atomic E-state index is 12.4. The highest BCUT2D eigenvalue weighted by molar-refractivity contribution is 9.10. The lowest BCUT2D eigenvalue weighted by Gasteiger charge is -2.34. The molecule has 118 valence electrons. The molecule has 2 N–H and O–H groups in total. The minimum absolute atomic E-state index is 0.0655. The van der Waals surface area contributed by atoms with Crippen molar-refractivity contribution in [2.24, 2.45) is 11.7 Å². The van der Waals surface area contributed by atoms with Gasteiger partial charge >= 0.3 is 0 Å². The van der Waals surface area contributed by atoms with Crippen LogP contribution in [0.25, 0.3) is 0 Å². The SMILES string of the molecule is CN(C)CCn1ncc(N2CCCC(CN)C2)c(Br)c1=O. The Hall–Kier alpha value is -0.920. The summed E-state index contributed by atoms with van der Waals surface area (Å²) in [5.41, 5.74) is 6.60. The zero-order chi connectivity index (χ0) is 15.4. The van der Waals surface area contributed by atoms with E-state index in [9.17, 15) is 4.79 Å². The second kappa shape index (κ2) is 7.38. The first-order valence-electron chi connectivity index (χ1n) is 7.38. The van der Waals surface area contributed by atoms with Crippen molar-refractivity contribution < 1.29 is 0 Å². The van der Waals surface area contributed by atoms with E-state index in [4.69, 9.17) is 5.73 Å². The fraction of sp³-hybridized carbons (Fsp3) is 0.714. The molecule has 2 rings (SSSR count). The lowest BCUT2D eigenvalue weighted by Crippen LogP contribution is -2.40. The minimum Gasteiger partial charge on any atom is -0.369 e. The predicted molar refractivity (Wildman–Crippen MR) is 88.7 cm³/mol. The van der Waals surface area contributed by atoms with Gasteiger partial charge < -0.3 is 15.5 Å². The Morgan fingerprint density at radius 1 is 1.52 bits per heavy atom. The van der Waals surface area contributed by atoms with Crippen LogP contribution in [0.4, 0.5) is 5.69 Å². The number of rotatable bonds is 5. The van der Waals surface area contributed by atoms with E-state index >= 15 is 0 Å². The van der Waals surface area contributed by atoms with Crippen molar-refractivity contribution in [2.75, 3.05) is 45.2 Å². The molecule has 0 amide bonds. The summed E-state index contributed by atoms with van der Waals surface area (Å²) in [7, 11) is 3.96. The minimum atomic E-state index is -0.0655. The van der Waals surface area contributed by atoms with Gasteiger partial charge in [0, 0.05) is 19.6 Å². The highest BCUT2D eigenvalue weighted by Crippen LogP contribution is 2.26. The van der Waals surface area contributed by atoms with Gasteiger partial charge in [0.2, 0.25) is 0 Å². The molecule has 1 fully saturated rings. The van der Waals surface area contributed by atoms with Gasteiger partial charge in [-0.15, -0.1) is 0 Å². The molecule has 1 aliphatic heterocycles. The molecule has 0 spiro atoms. The van der Waals surface area contributed by atoms with Crippen molar-refractivity contribution in [3.8, 4) is 0 Å². The van der Waals surface area contributed by atoms with Gasteiger partial charge in [0.15, 0.2) is 0 Å². The lowest BCUT2D eigenvalue weighted by molar-refractivity contribution is 0.366. The third kappa shape index (κ3) is 4.05. The number of anilines is 1. The molecular weight excluding hydrogens is 334 g/mol. The molecule has 1 aromatic heterocycles. The Balaban J connectivity index is 2.18. The summed E-state index contributed by atoms with van der Waals surface area (Å²) < 4.78 is 2.12. The molecule has 0 aliphatic carbocycles. The molecule has 1 aromatic rings. The molecule has 21 heavy (non-hydrogen) atoms. The van der Waals surface area contributed by atoms with Crippen LogP contribution in [0, 0.1) is 5.92 Å². The molecule has 6 nitrogen and oxygen atoms in total. The van der Waals surface area contributed by atoms with E-state index in [1.807, 2.05) is 19.0 Å². The topological polar surface area (TPSA) is 67.4 Å². The molecule has 1 atom stereocenters. The van der Waals surface area contributed by atoms with E-state index in [2.05, 4.69) is 25.9 Å². The van der Waals surface area contributed by atoms with Crippen LogP contribution in [0.1, 0.15) is 12.8 Å². The Morgan fingerprint density at radius 3 is 2.95 bits per heavy atom. The van der Waals surface area contributed by atoms with Gasteiger partial charge in [-0.1, -0.05) is 0 Å². The van der Waals surface area contributed by atoms with Gasteiger partial charge in [0.05, 0.1) is 18.4 Å². The van der Waals surface area contributed by atoms with Crippen LogP contribution in [0.3, 0.4) is 0 Å². The van der Waals surface area contributed by atoms with E-state index in [-0.39, 0.29) is 5.56 Å². The molecule has 2 heterocycles. The van der Waals surface area contributed by atoms with Gasteiger partial charge in [-0.2, -0.15) is 5.10 Å². The van der Waals surface area contributed by atoms with Crippen LogP contribution < -0.4 is 16.2 Å². The van der Waals surface area contributed by atoms with Crippen molar-refractivity contribution in [3.63, 3.8) is 0 Å². The van der Waals surface area contributed by atoms with Crippen molar-refractivity contribution >= 4 is 21.6 Å². The van der Waals surface area contributed by atoms with Crippen LogP contribution in [0.2, 0.25) is 0 Å². The zero-order valence-corrected chi connectivity index (χ0v) is 14.3. The van der Waals surface area contributed by atoms with Gasteiger partial charge in [-0.25, -0.2) is 4.68 Å². The van der Waals surface area contributed by atoms with Crippen molar-refractivity contribution in [2.45, 2.75) is 19.4 Å². The van der Waals surface area contributed by atoms with Gasteiger partial charge in [0.25, 0.3) is 5.56 Å². The van der Waals surface area contributed by atoms with Crippen LogP contribution in [0.5, 0.6) is 0 Å². The first-order valence-corrected chi connectivity index (χ1v) is 8.17. The quantitative estimate of drug-likeness (QED) is 0.841. The summed E-state index contributed by atoms with van der Waals surface area (Å²) in [5, 5.41) is 4.31. The highest BCUT2D eigenvalue weighted by Gasteiger charge is 2.22. The first kappa shape index (κ1) is 16.5. The van der Waals surface area contributed by atoms with E-state index in [1.165, 1.54) is 4.68 Å². The average Bonchev–Trinajstić information content (AvgIpc) is 2.48. The largest absolute Gasteiger partial charge is 0.369 e. The Labute approximate surface area is 134 Å². The van der Waals surface area contributed by atoms with Gasteiger partial charge in [0.1, 0.15) is 4.47 Å². The van der Waals surface area contributed by atoms with Crippen LogP contribution in [0.15, 0.2) is 15.5 Å². The van der Waals surface area contributed by atoms with E-state index in [0.717, 1.165) is 38.2 Å². The number of aromatic nitrogens is 2. The van der Waals surface area contributed by atoms with Crippen LogP contribution in [-0.4, -0.2) is 55.0 Å². The van der Waals surface area contributed by atoms with Crippen molar-refractivity contribution in [1.82, 2.24) is 14.7 Å². The van der Waals surface area contributed by atoms with E-state index in [1.54, 1.807) is 6.20 Å². The second-order valence-electron chi connectivity index (χ2n) is 5.87. The number of halogens is 1. The summed E-state index contributed by atoms with van der Waals surface area (Å²) in [6.45, 7) is 3.94. The summed E-state index contributed by atoms with van der Waals surface area (Å²) in [4.78, 5) is 16.6.